The number of hydrogen-bond donors (Lipinski definition) is 2. The van der Waals surface area contributed by atoms with Gasteiger partial charge in [0.15, 0.2) is 0 Å². The highest BCUT2D eigenvalue weighted by Crippen LogP contribution is 2.25. The molecule has 1 heterocycles. The quantitative estimate of drug-likeness (QED) is 0.660. The van der Waals surface area contributed by atoms with Crippen LogP contribution in [0.1, 0.15) is 41.7 Å². The molecule has 0 aliphatic carbocycles. The van der Waals surface area contributed by atoms with Crippen LogP contribution in [0.4, 0.5) is 0 Å². The maximum absolute atomic E-state index is 12.5. The first-order chi connectivity index (χ1) is 13.8. The molecule has 1 fully saturated rings. The van der Waals surface area contributed by atoms with Gasteiger partial charge in [-0.2, -0.15) is 0 Å². The fourth-order valence-corrected chi connectivity index (χ4v) is 4.39. The molecule has 1 amide bonds. The van der Waals surface area contributed by atoms with Crippen LogP contribution in [0.25, 0.3) is 0 Å². The molecular formula is C20H22Cl2N2O4S. The molecule has 6 nitrogen and oxygen atoms in total. The topological polar surface area (TPSA) is 84.5 Å². The van der Waals surface area contributed by atoms with Crippen LogP contribution >= 0.6 is 23.2 Å². The number of nitrogens with one attached hydrogen (secondary N) is 2. The predicted molar refractivity (Wildman–Crippen MR) is 113 cm³/mol. The highest BCUT2D eigenvalue weighted by molar-refractivity contribution is 7.89. The van der Waals surface area contributed by atoms with E-state index in [4.69, 9.17) is 27.9 Å². The lowest BCUT2D eigenvalue weighted by molar-refractivity contribution is 0.0939. The first-order valence-corrected chi connectivity index (χ1v) is 11.5. The normalized spacial score (nSPS) is 17.8. The standard InChI is InChI=1S/C20H22Cl2N2O4S/c1-13(15-6-9-18(21)19(22)11-15)24-20(25)14-4-7-17(8-5-14)29(26,27)23-12-16-3-2-10-28-16/h4-9,11,13,16,23H,2-3,10,12H2,1H3,(H,24,25). The maximum atomic E-state index is 12.5. The number of hydrogen-bond acceptors (Lipinski definition) is 4. The van der Waals surface area contributed by atoms with Gasteiger partial charge in [0.25, 0.3) is 5.91 Å². The van der Waals surface area contributed by atoms with Gasteiger partial charge < -0.3 is 10.1 Å². The minimum atomic E-state index is -3.65. The zero-order chi connectivity index (χ0) is 21.0. The first kappa shape index (κ1) is 22.1. The van der Waals surface area contributed by atoms with Gasteiger partial charge in [0.2, 0.25) is 10.0 Å². The van der Waals surface area contributed by atoms with Crippen molar-refractivity contribution in [3.8, 4) is 0 Å². The molecule has 2 aromatic carbocycles. The molecular weight excluding hydrogens is 435 g/mol. The molecule has 2 aromatic rings. The van der Waals surface area contributed by atoms with E-state index >= 15 is 0 Å². The molecule has 0 aromatic heterocycles. The second-order valence-electron chi connectivity index (χ2n) is 6.88. The van der Waals surface area contributed by atoms with Gasteiger partial charge in [0, 0.05) is 18.7 Å². The third-order valence-corrected chi connectivity index (χ3v) is 6.92. The van der Waals surface area contributed by atoms with Gasteiger partial charge in [0.1, 0.15) is 0 Å². The van der Waals surface area contributed by atoms with Crippen LogP contribution in [0.2, 0.25) is 10.0 Å². The van der Waals surface area contributed by atoms with Crippen LogP contribution in [0, 0.1) is 0 Å². The van der Waals surface area contributed by atoms with E-state index in [1.54, 1.807) is 18.2 Å². The van der Waals surface area contributed by atoms with Crippen molar-refractivity contribution >= 4 is 39.1 Å². The smallest absolute Gasteiger partial charge is 0.251 e. The second kappa shape index (κ2) is 9.45. The van der Waals surface area contributed by atoms with Crippen LogP contribution in [0.5, 0.6) is 0 Å². The van der Waals surface area contributed by atoms with E-state index in [1.807, 2.05) is 6.92 Å². The second-order valence-corrected chi connectivity index (χ2v) is 9.46. The molecule has 29 heavy (non-hydrogen) atoms. The van der Waals surface area contributed by atoms with E-state index in [0.29, 0.717) is 22.2 Å². The van der Waals surface area contributed by atoms with E-state index in [1.165, 1.54) is 24.3 Å². The zero-order valence-electron chi connectivity index (χ0n) is 15.8. The fourth-order valence-electron chi connectivity index (χ4n) is 3.02. The number of halogens is 2. The Bertz CT molecular complexity index is 974. The monoisotopic (exact) mass is 456 g/mol. The molecule has 156 valence electrons. The number of benzene rings is 2. The summed E-state index contributed by atoms with van der Waals surface area (Å²) in [7, 11) is -3.65. The molecule has 1 saturated heterocycles. The molecule has 2 N–H and O–H groups in total. The van der Waals surface area contributed by atoms with E-state index in [9.17, 15) is 13.2 Å². The first-order valence-electron chi connectivity index (χ1n) is 9.23. The van der Waals surface area contributed by atoms with Crippen LogP contribution in [-0.4, -0.2) is 33.6 Å². The number of carbonyl (C=O) groups excluding carboxylic acids is 1. The Kier molecular flexibility index (Phi) is 7.19. The van der Waals surface area contributed by atoms with Crippen LogP contribution in [0.3, 0.4) is 0 Å². The zero-order valence-corrected chi connectivity index (χ0v) is 18.2. The van der Waals surface area contributed by atoms with E-state index in [-0.39, 0.29) is 29.5 Å². The molecule has 3 rings (SSSR count). The van der Waals surface area contributed by atoms with Crippen molar-refractivity contribution in [1.82, 2.24) is 10.0 Å². The molecule has 2 atom stereocenters. The Hall–Kier alpha value is -1.64. The Morgan fingerprint density at radius 1 is 1.17 bits per heavy atom. The molecule has 9 heteroatoms. The molecule has 1 aliphatic rings. The third kappa shape index (κ3) is 5.71. The summed E-state index contributed by atoms with van der Waals surface area (Å²) in [6, 6.07) is 10.7. The van der Waals surface area contributed by atoms with Crippen LogP contribution in [-0.2, 0) is 14.8 Å². The van der Waals surface area contributed by atoms with Gasteiger partial charge in [-0.25, -0.2) is 13.1 Å². The summed E-state index contributed by atoms with van der Waals surface area (Å²) in [5, 5.41) is 3.71. The minimum Gasteiger partial charge on any atom is -0.377 e. The number of carbonyl (C=O) groups is 1. The summed E-state index contributed by atoms with van der Waals surface area (Å²) in [6.07, 6.45) is 1.70. The highest BCUT2D eigenvalue weighted by atomic mass is 35.5. The average molecular weight is 457 g/mol. The van der Waals surface area contributed by atoms with Crippen molar-refractivity contribution in [1.29, 1.82) is 0 Å². The lowest BCUT2D eigenvalue weighted by atomic mass is 10.1. The summed E-state index contributed by atoms with van der Waals surface area (Å²) in [6.45, 7) is 2.73. The Morgan fingerprint density at radius 2 is 1.90 bits per heavy atom. The van der Waals surface area contributed by atoms with Gasteiger partial charge in [-0.15, -0.1) is 0 Å². The SMILES string of the molecule is CC(NC(=O)c1ccc(S(=O)(=O)NCC2CCCO2)cc1)c1ccc(Cl)c(Cl)c1. The summed E-state index contributed by atoms with van der Waals surface area (Å²) in [5.74, 6) is -0.320. The summed E-state index contributed by atoms with van der Waals surface area (Å²) < 4.78 is 32.8. The number of sulfonamides is 1. The summed E-state index contributed by atoms with van der Waals surface area (Å²) >= 11 is 11.9. The van der Waals surface area contributed by atoms with Crippen molar-refractivity contribution in [2.75, 3.05) is 13.2 Å². The van der Waals surface area contributed by atoms with Crippen molar-refractivity contribution < 1.29 is 17.9 Å². The molecule has 0 radical (unpaired) electrons. The van der Waals surface area contributed by atoms with Gasteiger partial charge >= 0.3 is 0 Å². The molecule has 2 unspecified atom stereocenters. The number of amides is 1. The van der Waals surface area contributed by atoms with Crippen molar-refractivity contribution in [3.05, 3.63) is 63.6 Å². The third-order valence-electron chi connectivity index (χ3n) is 4.74. The van der Waals surface area contributed by atoms with Gasteiger partial charge in [-0.1, -0.05) is 29.3 Å². The van der Waals surface area contributed by atoms with Crippen molar-refractivity contribution in [2.24, 2.45) is 0 Å². The van der Waals surface area contributed by atoms with E-state index in [2.05, 4.69) is 10.0 Å². The molecule has 1 aliphatic heterocycles. The van der Waals surface area contributed by atoms with Crippen LogP contribution in [0.15, 0.2) is 47.4 Å². The molecule has 0 spiro atoms. The fraction of sp³-hybridized carbons (Fsp3) is 0.350. The summed E-state index contributed by atoms with van der Waals surface area (Å²) in [5.41, 5.74) is 1.17. The van der Waals surface area contributed by atoms with Gasteiger partial charge in [-0.3, -0.25) is 4.79 Å². The lowest BCUT2D eigenvalue weighted by Crippen LogP contribution is -2.32. The largest absolute Gasteiger partial charge is 0.377 e. The van der Waals surface area contributed by atoms with Crippen molar-refractivity contribution in [3.63, 3.8) is 0 Å². The molecule has 0 saturated carbocycles. The Morgan fingerprint density at radius 3 is 2.52 bits per heavy atom. The number of rotatable bonds is 7. The highest BCUT2D eigenvalue weighted by Gasteiger charge is 2.21. The van der Waals surface area contributed by atoms with Gasteiger partial charge in [0.05, 0.1) is 27.1 Å². The Labute approximate surface area is 180 Å². The van der Waals surface area contributed by atoms with E-state index < -0.39 is 10.0 Å². The van der Waals surface area contributed by atoms with Crippen LogP contribution < -0.4 is 10.0 Å². The Balaban J connectivity index is 1.62. The predicted octanol–water partition coefficient (Wildman–Crippen LogP) is 3.94. The molecule has 0 bridgehead atoms. The average Bonchev–Trinajstić information content (AvgIpc) is 3.22. The lowest BCUT2D eigenvalue weighted by Gasteiger charge is -2.15. The van der Waals surface area contributed by atoms with Gasteiger partial charge in [-0.05, 0) is 61.7 Å². The summed E-state index contributed by atoms with van der Waals surface area (Å²) in [4.78, 5) is 12.6. The van der Waals surface area contributed by atoms with E-state index in [0.717, 1.165) is 18.4 Å². The number of ether oxygens (including phenoxy) is 1. The van der Waals surface area contributed by atoms with Crippen molar-refractivity contribution in [2.45, 2.75) is 36.8 Å². The minimum absolute atomic E-state index is 0.0855. The maximum Gasteiger partial charge on any atom is 0.251 e.